The highest BCUT2D eigenvalue weighted by Gasteiger charge is 2.31. The molecule has 0 aliphatic carbocycles. The molecule has 1 saturated heterocycles. The molecule has 0 radical (unpaired) electrons. The maximum absolute atomic E-state index is 12.0. The van der Waals surface area contributed by atoms with Crippen molar-refractivity contribution in [3.63, 3.8) is 0 Å². The molecule has 1 unspecified atom stereocenters. The number of nitrogens with two attached hydrogens (primary N) is 1. The van der Waals surface area contributed by atoms with E-state index in [-0.39, 0.29) is 5.75 Å². The number of likely N-dealkylation sites (N-methyl/N-ethyl adjacent to an activating group) is 1. The molecule has 2 aromatic rings. The van der Waals surface area contributed by atoms with Gasteiger partial charge in [-0.25, -0.2) is 0 Å². The van der Waals surface area contributed by atoms with Crippen LogP contribution in [0.2, 0.25) is 0 Å². The first-order valence-corrected chi connectivity index (χ1v) is 12.6. The van der Waals surface area contributed by atoms with Gasteiger partial charge in [-0.15, -0.1) is 13.2 Å². The molecular formula is C27H36F3N3O4. The zero-order valence-corrected chi connectivity index (χ0v) is 21.4. The van der Waals surface area contributed by atoms with Gasteiger partial charge in [0.25, 0.3) is 0 Å². The van der Waals surface area contributed by atoms with Crippen LogP contribution in [0.25, 0.3) is 0 Å². The second-order valence-electron chi connectivity index (χ2n) is 9.11. The third-order valence-corrected chi connectivity index (χ3v) is 6.41. The summed E-state index contributed by atoms with van der Waals surface area (Å²) in [4.78, 5) is 15.4. The summed E-state index contributed by atoms with van der Waals surface area (Å²) in [6, 6.07) is 11.1. The highest BCUT2D eigenvalue weighted by Crippen LogP contribution is 2.31. The fraction of sp³-hybridized carbons (Fsp3) is 0.519. The molecule has 2 aliphatic heterocycles. The number of hydrogen-bond donors (Lipinski definition) is 1. The van der Waals surface area contributed by atoms with Crippen LogP contribution in [-0.4, -0.2) is 63.1 Å². The van der Waals surface area contributed by atoms with E-state index in [1.165, 1.54) is 68.7 Å². The van der Waals surface area contributed by atoms with Crippen molar-refractivity contribution in [2.45, 2.75) is 51.4 Å². The molecule has 0 aromatic heterocycles. The molecule has 4 rings (SSSR count). The summed E-state index contributed by atoms with van der Waals surface area (Å²) in [6.07, 6.45) is 0.917. The smallest absolute Gasteiger partial charge is 0.486 e. The summed E-state index contributed by atoms with van der Waals surface area (Å²) in [7, 11) is 1.65. The molecular weight excluding hydrogens is 487 g/mol. The Morgan fingerprint density at radius 2 is 1.73 bits per heavy atom. The second kappa shape index (κ2) is 13.4. The number of carbonyl (C=O) groups excluding carboxylic acids is 1. The Labute approximate surface area is 216 Å². The van der Waals surface area contributed by atoms with Crippen LogP contribution in [0.4, 0.5) is 18.9 Å². The summed E-state index contributed by atoms with van der Waals surface area (Å²) < 4.78 is 50.9. The number of rotatable bonds is 9. The van der Waals surface area contributed by atoms with E-state index < -0.39 is 18.3 Å². The van der Waals surface area contributed by atoms with Gasteiger partial charge in [0.2, 0.25) is 5.91 Å². The van der Waals surface area contributed by atoms with Crippen molar-refractivity contribution in [3.8, 4) is 17.2 Å². The predicted octanol–water partition coefficient (Wildman–Crippen LogP) is 4.77. The van der Waals surface area contributed by atoms with Crippen LogP contribution in [0, 0.1) is 0 Å². The molecule has 204 valence electrons. The first-order valence-electron chi connectivity index (χ1n) is 12.6. The maximum Gasteiger partial charge on any atom is 0.573 e. The molecule has 1 atom stereocenters. The van der Waals surface area contributed by atoms with Crippen LogP contribution in [-0.2, 0) is 11.2 Å². The highest BCUT2D eigenvalue weighted by atomic mass is 19.4. The number of hydrogen-bond acceptors (Lipinski definition) is 6. The first-order chi connectivity index (χ1) is 17.7. The number of likely N-dealkylation sites (tertiary alicyclic amines) is 1. The molecule has 2 aromatic carbocycles. The van der Waals surface area contributed by atoms with Gasteiger partial charge in [-0.2, -0.15) is 0 Å². The van der Waals surface area contributed by atoms with Crippen LogP contribution in [0.3, 0.4) is 0 Å². The van der Waals surface area contributed by atoms with Gasteiger partial charge in [0, 0.05) is 12.7 Å². The summed E-state index contributed by atoms with van der Waals surface area (Å²) in [5, 5.41) is 0. The minimum absolute atomic E-state index is 0.309. The summed E-state index contributed by atoms with van der Waals surface area (Å²) >= 11 is 0. The van der Waals surface area contributed by atoms with Crippen LogP contribution in [0.1, 0.15) is 38.2 Å². The number of primary amides is 1. The van der Waals surface area contributed by atoms with Gasteiger partial charge < -0.3 is 29.7 Å². The van der Waals surface area contributed by atoms with Gasteiger partial charge in [-0.05, 0) is 93.7 Å². The maximum atomic E-state index is 12.0. The number of aryl methyl sites for hydroxylation is 1. The van der Waals surface area contributed by atoms with Gasteiger partial charge in [0.05, 0.1) is 0 Å². The lowest BCUT2D eigenvalue weighted by Crippen LogP contribution is -2.42. The zero-order chi connectivity index (χ0) is 26.8. The molecule has 0 bridgehead atoms. The van der Waals surface area contributed by atoms with Crippen molar-refractivity contribution in [1.29, 1.82) is 0 Å². The molecule has 0 spiro atoms. The SMILES string of the molecule is CCC(C(N)=O)N(C)c1ccc(OC(F)(F)F)cc1.c1cc2c(cc1CCCN1CCCC1)OCCO2. The average Bonchev–Trinajstić information content (AvgIpc) is 3.38. The number of anilines is 1. The third-order valence-electron chi connectivity index (χ3n) is 6.41. The number of benzene rings is 2. The van der Waals surface area contributed by atoms with Gasteiger partial charge in [0.1, 0.15) is 25.0 Å². The van der Waals surface area contributed by atoms with Crippen LogP contribution in [0.15, 0.2) is 42.5 Å². The minimum atomic E-state index is -4.72. The van der Waals surface area contributed by atoms with Gasteiger partial charge in [-0.1, -0.05) is 13.0 Å². The van der Waals surface area contributed by atoms with Crippen molar-refractivity contribution in [3.05, 3.63) is 48.0 Å². The lowest BCUT2D eigenvalue weighted by atomic mass is 10.1. The van der Waals surface area contributed by atoms with E-state index in [0.717, 1.165) is 17.9 Å². The predicted molar refractivity (Wildman–Crippen MR) is 136 cm³/mol. The number of halogens is 3. The Morgan fingerprint density at radius 3 is 2.32 bits per heavy atom. The average molecular weight is 524 g/mol. The van der Waals surface area contributed by atoms with E-state index in [2.05, 4.69) is 21.8 Å². The van der Waals surface area contributed by atoms with Crippen molar-refractivity contribution < 1.29 is 32.2 Å². The molecule has 2 aliphatic rings. The standard InChI is InChI=1S/C15H21NO2.C12H15F3N2O2/c1-2-8-16(7-1)9-3-4-13-5-6-14-15(12-13)18-11-10-17-14;1-3-10(11(16)18)17(2)8-4-6-9(7-5-8)19-12(13,14)15/h5-6,12H,1-4,7-11H2;4-7,10H,3H2,1-2H3,(H2,16,18). The topological polar surface area (TPSA) is 77.3 Å². The van der Waals surface area contributed by atoms with Crippen molar-refractivity contribution in [1.82, 2.24) is 4.90 Å². The molecule has 1 amide bonds. The second-order valence-corrected chi connectivity index (χ2v) is 9.11. The minimum Gasteiger partial charge on any atom is -0.486 e. The number of carbonyl (C=O) groups is 1. The highest BCUT2D eigenvalue weighted by molar-refractivity contribution is 5.83. The number of nitrogens with zero attached hydrogens (tertiary/aromatic N) is 2. The van der Waals surface area contributed by atoms with Crippen LogP contribution < -0.4 is 24.8 Å². The van der Waals surface area contributed by atoms with Crippen molar-refractivity contribution in [2.24, 2.45) is 5.73 Å². The van der Waals surface area contributed by atoms with Gasteiger partial charge >= 0.3 is 6.36 Å². The lowest BCUT2D eigenvalue weighted by molar-refractivity contribution is -0.274. The fourth-order valence-electron chi connectivity index (χ4n) is 4.49. The Balaban J connectivity index is 0.000000206. The summed E-state index contributed by atoms with van der Waals surface area (Å²) in [5.41, 5.74) is 7.19. The van der Waals surface area contributed by atoms with E-state index in [1.807, 2.05) is 6.07 Å². The number of ether oxygens (including phenoxy) is 3. The van der Waals surface area contributed by atoms with Crippen molar-refractivity contribution in [2.75, 3.05) is 44.8 Å². The van der Waals surface area contributed by atoms with E-state index in [9.17, 15) is 18.0 Å². The van der Waals surface area contributed by atoms with Crippen molar-refractivity contribution >= 4 is 11.6 Å². The molecule has 2 N–H and O–H groups in total. The van der Waals surface area contributed by atoms with E-state index in [1.54, 1.807) is 18.9 Å². The van der Waals surface area contributed by atoms with E-state index in [4.69, 9.17) is 15.2 Å². The van der Waals surface area contributed by atoms with E-state index in [0.29, 0.717) is 25.3 Å². The molecule has 37 heavy (non-hydrogen) atoms. The monoisotopic (exact) mass is 523 g/mol. The van der Waals surface area contributed by atoms with Gasteiger partial charge in [-0.3, -0.25) is 4.79 Å². The van der Waals surface area contributed by atoms with Crippen LogP contribution in [0.5, 0.6) is 17.2 Å². The summed E-state index contributed by atoms with van der Waals surface area (Å²) in [6.45, 7) is 6.95. The quantitative estimate of drug-likeness (QED) is 0.510. The Kier molecular flexibility index (Phi) is 10.3. The van der Waals surface area contributed by atoms with E-state index >= 15 is 0 Å². The number of amides is 1. The molecule has 0 saturated carbocycles. The molecule has 7 nitrogen and oxygen atoms in total. The largest absolute Gasteiger partial charge is 0.573 e. The number of alkyl halides is 3. The Morgan fingerprint density at radius 1 is 1.08 bits per heavy atom. The lowest BCUT2D eigenvalue weighted by Gasteiger charge is -2.26. The van der Waals surface area contributed by atoms with Crippen LogP contribution >= 0.6 is 0 Å². The zero-order valence-electron chi connectivity index (χ0n) is 21.4. The molecule has 2 heterocycles. The Hall–Kier alpha value is -3.14. The normalized spacial score (nSPS) is 15.9. The van der Waals surface area contributed by atoms with Gasteiger partial charge in [0.15, 0.2) is 11.5 Å². The molecule has 10 heteroatoms. The summed E-state index contributed by atoms with van der Waals surface area (Å²) in [5.74, 6) is 1.02. The first kappa shape index (κ1) is 28.4. The Bertz CT molecular complexity index is 995. The fourth-order valence-corrected chi connectivity index (χ4v) is 4.49. The third kappa shape index (κ3) is 9.03. The number of fused-ring (bicyclic) bond motifs is 1. The molecule has 1 fully saturated rings.